The molecular formula is C29H27NO4S. The average molecular weight is 486 g/mol. The lowest BCUT2D eigenvalue weighted by Gasteiger charge is -2.26. The summed E-state index contributed by atoms with van der Waals surface area (Å²) in [5, 5.41) is 20.5. The Morgan fingerprint density at radius 3 is 2.46 bits per heavy atom. The summed E-state index contributed by atoms with van der Waals surface area (Å²) < 4.78 is 6.83. The Labute approximate surface area is 208 Å². The van der Waals surface area contributed by atoms with E-state index in [2.05, 4.69) is 4.90 Å². The van der Waals surface area contributed by atoms with E-state index in [-0.39, 0.29) is 17.3 Å². The number of phenols is 2. The van der Waals surface area contributed by atoms with Crippen molar-refractivity contribution in [3.05, 3.63) is 77.9 Å². The van der Waals surface area contributed by atoms with Gasteiger partial charge in [0.25, 0.3) is 0 Å². The van der Waals surface area contributed by atoms with Crippen molar-refractivity contribution in [2.75, 3.05) is 19.7 Å². The van der Waals surface area contributed by atoms with Crippen LogP contribution < -0.4 is 4.74 Å². The third-order valence-electron chi connectivity index (χ3n) is 7.32. The van der Waals surface area contributed by atoms with Crippen molar-refractivity contribution in [3.63, 3.8) is 0 Å². The molecule has 1 saturated carbocycles. The summed E-state index contributed by atoms with van der Waals surface area (Å²) in [4.78, 5) is 17.1. The zero-order valence-electron chi connectivity index (χ0n) is 19.3. The maximum absolute atomic E-state index is 13.7. The number of ketones is 1. The molecule has 2 fully saturated rings. The van der Waals surface area contributed by atoms with Gasteiger partial charge in [-0.2, -0.15) is 0 Å². The Bertz CT molecular complexity index is 1380. The standard InChI is InChI=1S/C29H27NO4S/c31-22-7-2-20(3-8-22)29-27(25-12-9-23(32)16-26(25)35-29)28(33)19-4-10-24(11-5-19)34-14-13-30-17-18-1-6-21(30)15-18/h2-5,7-12,16,18,21,31-32H,1,6,13-15,17H2. The second-order valence-electron chi connectivity index (χ2n) is 9.56. The number of carbonyl (C=O) groups excluding carboxylic acids is 1. The molecule has 0 amide bonds. The summed E-state index contributed by atoms with van der Waals surface area (Å²) in [7, 11) is 0. The summed E-state index contributed by atoms with van der Waals surface area (Å²) >= 11 is 1.46. The van der Waals surface area contributed by atoms with Crippen molar-refractivity contribution in [1.29, 1.82) is 0 Å². The predicted octanol–water partition coefficient (Wildman–Crippen LogP) is 6.07. The Balaban J connectivity index is 1.23. The highest BCUT2D eigenvalue weighted by atomic mass is 32.1. The lowest BCUT2D eigenvalue weighted by molar-refractivity contribution is 0.104. The minimum Gasteiger partial charge on any atom is -0.508 e. The van der Waals surface area contributed by atoms with E-state index in [9.17, 15) is 15.0 Å². The van der Waals surface area contributed by atoms with Gasteiger partial charge in [-0.25, -0.2) is 0 Å². The molecular weight excluding hydrogens is 458 g/mol. The topological polar surface area (TPSA) is 70.0 Å². The molecule has 2 unspecified atom stereocenters. The summed E-state index contributed by atoms with van der Waals surface area (Å²) in [5.74, 6) is 1.91. The second kappa shape index (κ2) is 9.02. The van der Waals surface area contributed by atoms with Gasteiger partial charge in [0.1, 0.15) is 23.9 Å². The van der Waals surface area contributed by atoms with Crippen molar-refractivity contribution in [2.45, 2.75) is 25.3 Å². The van der Waals surface area contributed by atoms with Gasteiger partial charge in [0.05, 0.1) is 0 Å². The number of likely N-dealkylation sites (tertiary alicyclic amines) is 1. The van der Waals surface area contributed by atoms with Crippen LogP contribution >= 0.6 is 11.3 Å². The van der Waals surface area contributed by atoms with E-state index in [4.69, 9.17) is 4.74 Å². The fourth-order valence-corrected chi connectivity index (χ4v) is 6.79. The van der Waals surface area contributed by atoms with Crippen LogP contribution in [0.4, 0.5) is 0 Å². The van der Waals surface area contributed by atoms with Gasteiger partial charge in [-0.3, -0.25) is 9.69 Å². The van der Waals surface area contributed by atoms with Crippen LogP contribution in [-0.4, -0.2) is 46.6 Å². The maximum Gasteiger partial charge on any atom is 0.195 e. The molecule has 3 aromatic carbocycles. The first-order valence-electron chi connectivity index (χ1n) is 12.1. The van der Waals surface area contributed by atoms with Crippen molar-refractivity contribution >= 4 is 27.2 Å². The molecule has 0 spiro atoms. The quantitative estimate of drug-likeness (QED) is 0.311. The lowest BCUT2D eigenvalue weighted by Crippen LogP contribution is -2.35. The number of hydrogen-bond acceptors (Lipinski definition) is 6. The molecule has 6 heteroatoms. The number of aromatic hydroxyl groups is 2. The predicted molar refractivity (Wildman–Crippen MR) is 139 cm³/mol. The van der Waals surface area contributed by atoms with Crippen LogP contribution in [0, 0.1) is 5.92 Å². The molecule has 178 valence electrons. The van der Waals surface area contributed by atoms with Crippen LogP contribution in [0.15, 0.2) is 66.7 Å². The minimum absolute atomic E-state index is 0.0790. The molecule has 2 atom stereocenters. The molecule has 2 bridgehead atoms. The monoisotopic (exact) mass is 485 g/mol. The van der Waals surface area contributed by atoms with Crippen LogP contribution in [0.25, 0.3) is 20.5 Å². The van der Waals surface area contributed by atoms with E-state index in [1.807, 2.05) is 24.3 Å². The van der Waals surface area contributed by atoms with Gasteiger partial charge in [-0.05, 0) is 97.5 Å². The number of thiophene rings is 1. The number of rotatable bonds is 7. The molecule has 2 heterocycles. The number of fused-ring (bicyclic) bond motifs is 3. The molecule has 1 aliphatic heterocycles. The van der Waals surface area contributed by atoms with E-state index in [1.165, 1.54) is 37.1 Å². The van der Waals surface area contributed by atoms with E-state index in [0.29, 0.717) is 17.7 Å². The van der Waals surface area contributed by atoms with Crippen LogP contribution in [0.3, 0.4) is 0 Å². The largest absolute Gasteiger partial charge is 0.508 e. The van der Waals surface area contributed by atoms with E-state index < -0.39 is 0 Å². The number of carbonyl (C=O) groups is 1. The Morgan fingerprint density at radius 2 is 1.74 bits per heavy atom. The average Bonchev–Trinajstić information content (AvgIpc) is 3.59. The molecule has 4 aromatic rings. The summed E-state index contributed by atoms with van der Waals surface area (Å²) in [5.41, 5.74) is 2.04. The number of piperidine rings is 1. The first-order valence-corrected chi connectivity index (χ1v) is 12.9. The number of ether oxygens (including phenoxy) is 1. The highest BCUT2D eigenvalue weighted by Gasteiger charge is 2.37. The van der Waals surface area contributed by atoms with Crippen molar-refractivity contribution in [1.82, 2.24) is 4.90 Å². The molecule has 1 saturated heterocycles. The normalized spacial score (nSPS) is 19.4. The molecule has 1 aliphatic carbocycles. The van der Waals surface area contributed by atoms with Gasteiger partial charge in [0.2, 0.25) is 0 Å². The molecule has 5 nitrogen and oxygen atoms in total. The fraction of sp³-hybridized carbons (Fsp3) is 0.276. The van der Waals surface area contributed by atoms with E-state index in [0.717, 1.165) is 44.8 Å². The Hall–Kier alpha value is -3.35. The minimum atomic E-state index is -0.0790. The number of nitrogens with zero attached hydrogens (tertiary/aromatic N) is 1. The molecule has 35 heavy (non-hydrogen) atoms. The van der Waals surface area contributed by atoms with Crippen LogP contribution in [0.2, 0.25) is 0 Å². The van der Waals surface area contributed by atoms with Gasteiger partial charge in [-0.1, -0.05) is 0 Å². The molecule has 2 aliphatic rings. The van der Waals surface area contributed by atoms with Crippen LogP contribution in [0.5, 0.6) is 17.2 Å². The maximum atomic E-state index is 13.7. The summed E-state index contributed by atoms with van der Waals surface area (Å²) in [6.07, 6.45) is 4.05. The molecule has 1 aromatic heterocycles. The third-order valence-corrected chi connectivity index (χ3v) is 8.52. The lowest BCUT2D eigenvalue weighted by atomic mass is 9.97. The van der Waals surface area contributed by atoms with Gasteiger partial charge in [-0.15, -0.1) is 11.3 Å². The summed E-state index contributed by atoms with van der Waals surface area (Å²) in [6.45, 7) is 2.81. The van der Waals surface area contributed by atoms with Gasteiger partial charge < -0.3 is 14.9 Å². The summed E-state index contributed by atoms with van der Waals surface area (Å²) in [6, 6.07) is 20.0. The van der Waals surface area contributed by atoms with Crippen molar-refractivity contribution in [2.24, 2.45) is 5.92 Å². The second-order valence-corrected chi connectivity index (χ2v) is 10.6. The van der Waals surface area contributed by atoms with Gasteiger partial charge in [0, 0.05) is 45.2 Å². The number of phenolic OH excluding ortho intramolecular Hbond substituents is 2. The zero-order chi connectivity index (χ0) is 23.9. The van der Waals surface area contributed by atoms with Crippen LogP contribution in [-0.2, 0) is 0 Å². The van der Waals surface area contributed by atoms with E-state index in [1.54, 1.807) is 42.5 Å². The number of hydrogen-bond donors (Lipinski definition) is 2. The van der Waals surface area contributed by atoms with Gasteiger partial charge in [0.15, 0.2) is 5.78 Å². The smallest absolute Gasteiger partial charge is 0.195 e. The Morgan fingerprint density at radius 1 is 0.971 bits per heavy atom. The molecule has 6 rings (SSSR count). The fourth-order valence-electron chi connectivity index (χ4n) is 5.56. The van der Waals surface area contributed by atoms with Crippen molar-refractivity contribution in [3.8, 4) is 27.7 Å². The zero-order valence-corrected chi connectivity index (χ0v) is 20.1. The highest BCUT2D eigenvalue weighted by Crippen LogP contribution is 2.41. The molecule has 0 radical (unpaired) electrons. The third kappa shape index (κ3) is 4.28. The SMILES string of the molecule is O=C(c1ccc(OCCN2CC3CCC2C3)cc1)c1c(-c2ccc(O)cc2)sc2cc(O)ccc12. The van der Waals surface area contributed by atoms with E-state index >= 15 is 0 Å². The van der Waals surface area contributed by atoms with Crippen LogP contribution in [0.1, 0.15) is 35.2 Å². The molecule has 2 N–H and O–H groups in total. The first kappa shape index (κ1) is 22.1. The van der Waals surface area contributed by atoms with Gasteiger partial charge >= 0.3 is 0 Å². The Kier molecular flexibility index (Phi) is 5.71. The first-order chi connectivity index (χ1) is 17.0. The highest BCUT2D eigenvalue weighted by molar-refractivity contribution is 7.22. The van der Waals surface area contributed by atoms with Crippen molar-refractivity contribution < 1.29 is 19.7 Å². The number of benzene rings is 3.